The van der Waals surface area contributed by atoms with Crippen LogP contribution in [0, 0.1) is 11.7 Å². The Balaban J connectivity index is 1.95. The summed E-state index contributed by atoms with van der Waals surface area (Å²) in [6.45, 7) is 3.63. The highest BCUT2D eigenvalue weighted by Gasteiger charge is 2.16. The number of carbonyl (C=O) groups is 1. The zero-order valence-corrected chi connectivity index (χ0v) is 15.0. The third-order valence-corrected chi connectivity index (χ3v) is 4.39. The number of nitrogens with one attached hydrogen (secondary N) is 2. The van der Waals surface area contributed by atoms with Crippen molar-refractivity contribution in [3.63, 3.8) is 0 Å². The number of nitrogens with zero attached hydrogens (tertiary/aromatic N) is 1. The lowest BCUT2D eigenvalue weighted by Gasteiger charge is -2.17. The lowest BCUT2D eigenvalue weighted by molar-refractivity contribution is -0.121. The molecule has 0 saturated carbocycles. The quantitative estimate of drug-likeness (QED) is 0.498. The second-order valence-corrected chi connectivity index (χ2v) is 6.42. The zero-order chi connectivity index (χ0) is 18.1. The maximum atomic E-state index is 13.0. The highest BCUT2D eigenvalue weighted by Crippen LogP contribution is 2.10. The molecule has 1 unspecified atom stereocenters. The summed E-state index contributed by atoms with van der Waals surface area (Å²) in [6.07, 6.45) is 0.451. The fourth-order valence-electron chi connectivity index (χ4n) is 2.29. The van der Waals surface area contributed by atoms with Gasteiger partial charge >= 0.3 is 0 Å². The second kappa shape index (κ2) is 9.78. The molecule has 134 valence electrons. The van der Waals surface area contributed by atoms with Crippen molar-refractivity contribution in [2.75, 3.05) is 13.1 Å². The highest BCUT2D eigenvalue weighted by molar-refractivity contribution is 7.07. The minimum absolute atomic E-state index is 0.299. The van der Waals surface area contributed by atoms with Gasteiger partial charge in [-0.25, -0.2) is 9.38 Å². The van der Waals surface area contributed by atoms with Crippen molar-refractivity contribution in [1.82, 2.24) is 10.6 Å². The van der Waals surface area contributed by atoms with E-state index < -0.39 is 11.8 Å². The van der Waals surface area contributed by atoms with Crippen LogP contribution >= 0.6 is 11.3 Å². The molecule has 2 aromatic rings. The van der Waals surface area contributed by atoms with Crippen LogP contribution in [0.1, 0.15) is 18.1 Å². The molecule has 1 aromatic heterocycles. The molecule has 0 spiro atoms. The van der Waals surface area contributed by atoms with Gasteiger partial charge in [-0.3, -0.25) is 4.79 Å². The molecule has 1 heterocycles. The Morgan fingerprint density at radius 2 is 2.00 bits per heavy atom. The summed E-state index contributed by atoms with van der Waals surface area (Å²) in [4.78, 5) is 16.2. The topological polar surface area (TPSA) is 79.5 Å². The first-order valence-corrected chi connectivity index (χ1v) is 9.09. The average Bonchev–Trinajstić information content (AvgIpc) is 3.11. The fourth-order valence-corrected chi connectivity index (χ4v) is 2.95. The summed E-state index contributed by atoms with van der Waals surface area (Å²) < 4.78 is 13.0. The van der Waals surface area contributed by atoms with Crippen molar-refractivity contribution >= 4 is 23.2 Å². The van der Waals surface area contributed by atoms with Crippen molar-refractivity contribution < 1.29 is 9.18 Å². The molecule has 0 aliphatic carbocycles. The number of hydrogen-bond donors (Lipinski definition) is 3. The van der Waals surface area contributed by atoms with Crippen molar-refractivity contribution in [2.45, 2.75) is 19.9 Å². The van der Waals surface area contributed by atoms with E-state index in [1.54, 1.807) is 23.5 Å². The lowest BCUT2D eigenvalue weighted by atomic mass is 9.98. The van der Waals surface area contributed by atoms with Gasteiger partial charge < -0.3 is 16.4 Å². The van der Waals surface area contributed by atoms with Gasteiger partial charge in [0, 0.05) is 13.1 Å². The molecule has 5 nitrogen and oxygen atoms in total. The van der Waals surface area contributed by atoms with Crippen LogP contribution in [-0.4, -0.2) is 25.0 Å². The monoisotopic (exact) mass is 362 g/mol. The third kappa shape index (κ3) is 6.54. The number of benzene rings is 1. The van der Waals surface area contributed by atoms with E-state index in [2.05, 4.69) is 15.6 Å². The maximum Gasteiger partial charge on any atom is 0.222 e. The van der Waals surface area contributed by atoms with Gasteiger partial charge in [0.1, 0.15) is 5.82 Å². The van der Waals surface area contributed by atoms with E-state index in [1.165, 1.54) is 12.1 Å². The molecule has 1 atom stereocenters. The molecule has 0 aliphatic rings. The Bertz CT molecular complexity index is 686. The highest BCUT2D eigenvalue weighted by atomic mass is 32.1. The Morgan fingerprint density at radius 3 is 2.60 bits per heavy atom. The predicted octanol–water partition coefficient (Wildman–Crippen LogP) is 2.29. The van der Waals surface area contributed by atoms with Gasteiger partial charge in [0.05, 0.1) is 12.5 Å². The molecule has 1 aromatic carbocycles. The summed E-state index contributed by atoms with van der Waals surface area (Å²) in [5, 5.41) is 10.4. The Labute approximate surface area is 151 Å². The van der Waals surface area contributed by atoms with Crippen molar-refractivity contribution in [3.05, 3.63) is 58.0 Å². The van der Waals surface area contributed by atoms with Crippen molar-refractivity contribution in [2.24, 2.45) is 16.6 Å². The molecule has 2 rings (SSSR count). The Kier molecular flexibility index (Phi) is 7.40. The number of hydrogen-bond acceptors (Lipinski definition) is 3. The minimum atomic E-state index is -0.407. The number of halogens is 1. The van der Waals surface area contributed by atoms with Gasteiger partial charge in [-0.05, 0) is 53.4 Å². The number of nitrogens with two attached hydrogens (primary N) is 1. The van der Waals surface area contributed by atoms with E-state index in [9.17, 15) is 9.18 Å². The molecule has 0 radical (unpaired) electrons. The summed E-state index contributed by atoms with van der Waals surface area (Å²) in [5.41, 5.74) is 7.52. The van der Waals surface area contributed by atoms with E-state index in [1.807, 2.05) is 23.8 Å². The number of amides is 1. The SMILES string of the molecule is CCNC(=NCc1ccsc1)NCC(Cc1ccc(F)cc1)C(N)=O. The molecule has 0 aliphatic heterocycles. The van der Waals surface area contributed by atoms with Crippen LogP contribution in [0.4, 0.5) is 4.39 Å². The van der Waals surface area contributed by atoms with Gasteiger partial charge in [0.15, 0.2) is 5.96 Å². The fraction of sp³-hybridized carbons (Fsp3) is 0.333. The van der Waals surface area contributed by atoms with Crippen LogP contribution in [0.2, 0.25) is 0 Å². The number of carbonyl (C=O) groups excluding carboxylic acids is 1. The van der Waals surface area contributed by atoms with Gasteiger partial charge in [-0.2, -0.15) is 11.3 Å². The smallest absolute Gasteiger partial charge is 0.222 e. The summed E-state index contributed by atoms with van der Waals surface area (Å²) in [5.74, 6) is -0.465. The normalized spacial score (nSPS) is 12.6. The van der Waals surface area contributed by atoms with Crippen LogP contribution in [0.25, 0.3) is 0 Å². The Morgan fingerprint density at radius 1 is 1.24 bits per heavy atom. The van der Waals surface area contributed by atoms with E-state index in [-0.39, 0.29) is 5.82 Å². The molecule has 4 N–H and O–H groups in total. The predicted molar refractivity (Wildman–Crippen MR) is 99.9 cm³/mol. The summed E-state index contributed by atoms with van der Waals surface area (Å²) in [7, 11) is 0. The average molecular weight is 362 g/mol. The first kappa shape index (κ1) is 18.9. The van der Waals surface area contributed by atoms with Crippen LogP contribution < -0.4 is 16.4 Å². The number of guanidine groups is 1. The second-order valence-electron chi connectivity index (χ2n) is 5.64. The molecule has 25 heavy (non-hydrogen) atoms. The molecular formula is C18H23FN4OS. The van der Waals surface area contributed by atoms with Gasteiger partial charge in [-0.1, -0.05) is 12.1 Å². The zero-order valence-electron chi connectivity index (χ0n) is 14.2. The van der Waals surface area contributed by atoms with Crippen LogP contribution in [0.5, 0.6) is 0 Å². The largest absolute Gasteiger partial charge is 0.369 e. The molecular weight excluding hydrogens is 339 g/mol. The Hall–Kier alpha value is -2.41. The first-order chi connectivity index (χ1) is 12.1. The van der Waals surface area contributed by atoms with Crippen molar-refractivity contribution in [3.8, 4) is 0 Å². The van der Waals surface area contributed by atoms with Gasteiger partial charge in [0.25, 0.3) is 0 Å². The van der Waals surface area contributed by atoms with Crippen LogP contribution in [0.15, 0.2) is 46.1 Å². The molecule has 7 heteroatoms. The summed E-state index contributed by atoms with van der Waals surface area (Å²) in [6, 6.07) is 8.13. The lowest BCUT2D eigenvalue weighted by Crippen LogP contribution is -2.43. The number of aliphatic imine (C=N–C) groups is 1. The number of rotatable bonds is 8. The van der Waals surface area contributed by atoms with Gasteiger partial charge in [0.2, 0.25) is 5.91 Å². The van der Waals surface area contributed by atoms with E-state index in [0.717, 1.165) is 11.1 Å². The maximum absolute atomic E-state index is 13.0. The van der Waals surface area contributed by atoms with Crippen LogP contribution in [-0.2, 0) is 17.8 Å². The summed E-state index contributed by atoms with van der Waals surface area (Å²) >= 11 is 1.63. The van der Waals surface area contributed by atoms with Crippen LogP contribution in [0.3, 0.4) is 0 Å². The molecule has 0 bridgehead atoms. The van der Waals surface area contributed by atoms with Crippen molar-refractivity contribution in [1.29, 1.82) is 0 Å². The van der Waals surface area contributed by atoms with E-state index >= 15 is 0 Å². The van der Waals surface area contributed by atoms with E-state index in [0.29, 0.717) is 32.0 Å². The van der Waals surface area contributed by atoms with Gasteiger partial charge in [-0.15, -0.1) is 0 Å². The molecule has 1 amide bonds. The molecule has 0 fully saturated rings. The first-order valence-electron chi connectivity index (χ1n) is 8.15. The third-order valence-electron chi connectivity index (χ3n) is 3.66. The standard InChI is InChI=1S/C18H23FN4OS/c1-2-21-18(22-10-14-7-8-25-12-14)23-11-15(17(20)24)9-13-3-5-16(19)6-4-13/h3-8,12,15H,2,9-11H2,1H3,(H2,20,24)(H2,21,22,23). The minimum Gasteiger partial charge on any atom is -0.369 e. The van der Waals surface area contributed by atoms with E-state index in [4.69, 9.17) is 5.73 Å². The molecule has 0 saturated heterocycles. The number of primary amides is 1. The number of thiophene rings is 1.